The third-order valence-corrected chi connectivity index (χ3v) is 10.0. The Bertz CT molecular complexity index is 627. The molecule has 0 N–H and O–H groups in total. The summed E-state index contributed by atoms with van der Waals surface area (Å²) in [7, 11) is -11.6. The van der Waals surface area contributed by atoms with Gasteiger partial charge in [-0.15, -0.1) is 0 Å². The van der Waals surface area contributed by atoms with Crippen LogP contribution >= 0.6 is 24.5 Å². The fourth-order valence-corrected chi connectivity index (χ4v) is 8.07. The lowest BCUT2D eigenvalue weighted by Crippen LogP contribution is -2.43. The molecule has 0 radical (unpaired) electrons. The molecule has 3 aliphatic rings. The Balaban J connectivity index is 1.68. The first-order valence-corrected chi connectivity index (χ1v) is 16.4. The molecule has 0 unspecified atom stereocenters. The Kier molecular flexibility index (Phi) is 9.89. The summed E-state index contributed by atoms with van der Waals surface area (Å²) in [6.45, 7) is 13.7. The average molecular weight is 578 g/mol. The monoisotopic (exact) mass is 578 g/mol. The molecule has 3 fully saturated rings. The van der Waals surface area contributed by atoms with Crippen LogP contribution in [0.15, 0.2) is 0 Å². The quantitative estimate of drug-likeness (QED) is 0.351. The minimum absolute atomic E-state index is 0.190. The van der Waals surface area contributed by atoms with Crippen LogP contribution in [-0.2, 0) is 40.7 Å². The van der Waals surface area contributed by atoms with Gasteiger partial charge in [0.2, 0.25) is 0 Å². The van der Waals surface area contributed by atoms with Crippen LogP contribution in [0.1, 0.15) is 54.9 Å². The van der Waals surface area contributed by atoms with E-state index in [0.29, 0.717) is 6.42 Å². The van der Waals surface area contributed by atoms with Gasteiger partial charge < -0.3 is 14.7 Å². The molecule has 0 saturated carbocycles. The van der Waals surface area contributed by atoms with Gasteiger partial charge in [-0.3, -0.25) is 0 Å². The highest BCUT2D eigenvalue weighted by Gasteiger charge is 2.51. The van der Waals surface area contributed by atoms with E-state index in [2.05, 4.69) is 0 Å². The Morgan fingerprint density at radius 3 is 0.972 bits per heavy atom. The zero-order valence-corrected chi connectivity index (χ0v) is 25.0. The van der Waals surface area contributed by atoms with Crippen molar-refractivity contribution in [3.8, 4) is 0 Å². The van der Waals surface area contributed by atoms with Crippen molar-refractivity contribution in [1.29, 1.82) is 0 Å². The summed E-state index contributed by atoms with van der Waals surface area (Å²) in [5.74, 6) is 0. The van der Waals surface area contributed by atoms with Crippen LogP contribution in [0.5, 0.6) is 0 Å². The molecule has 0 amide bonds. The maximum atomic E-state index is 13.0. The molecule has 0 atom stereocenters. The molecular weight excluding hydrogens is 537 g/mol. The molecule has 0 bridgehead atoms. The molecule has 0 aromatic carbocycles. The van der Waals surface area contributed by atoms with Gasteiger partial charge in [0.15, 0.2) is 0 Å². The number of hydrogen-bond donors (Lipinski definition) is 0. The first kappa shape index (κ1) is 31.3. The first-order valence-electron chi connectivity index (χ1n) is 12.0. The fourth-order valence-electron chi connectivity index (χ4n) is 3.06. The predicted molar refractivity (Wildman–Crippen MR) is 128 cm³/mol. The second-order valence-electron chi connectivity index (χ2n) is 12.1. The molecule has 3 aliphatic heterocycles. The zero-order chi connectivity index (χ0) is 26.9. The lowest BCUT2D eigenvalue weighted by atomic mass is 9.88. The van der Waals surface area contributed by atoms with E-state index in [0.717, 1.165) is 0 Å². The van der Waals surface area contributed by atoms with Crippen molar-refractivity contribution in [1.82, 2.24) is 0 Å². The maximum Gasteiger partial charge on any atom is 0.379 e. The summed E-state index contributed by atoms with van der Waals surface area (Å²) in [5.41, 5.74) is -2.02. The lowest BCUT2D eigenvalue weighted by Gasteiger charge is -2.41. The van der Waals surface area contributed by atoms with Crippen LogP contribution < -0.4 is 14.7 Å². The molecule has 3 saturated heterocycles. The van der Waals surface area contributed by atoms with Crippen molar-refractivity contribution >= 4 is 24.5 Å². The number of phosphoric acid groups is 3. The third kappa shape index (κ3) is 8.91. The van der Waals surface area contributed by atoms with Crippen LogP contribution in [0.25, 0.3) is 0 Å². The van der Waals surface area contributed by atoms with E-state index in [1.54, 1.807) is 6.92 Å². The smallest absolute Gasteiger partial charge is 0.379 e. The summed E-state index contributed by atoms with van der Waals surface area (Å²) in [4.78, 5) is 39.0. The SMILES string of the molecule is CCC(CO[P+]1([O-])OCC(C)(C)CO1)(CO[P+]1([O-])OCC(C)(C)CO1)CO[P+]1([O-])OCC(C)(C)CO1. The van der Waals surface area contributed by atoms with E-state index in [9.17, 15) is 14.7 Å². The molecule has 3 rings (SSSR count). The van der Waals surface area contributed by atoms with Gasteiger partial charge in [-0.2, -0.15) is 40.7 Å². The summed E-state index contributed by atoms with van der Waals surface area (Å²) >= 11 is 0. The minimum Gasteiger partial charge on any atom is -0.606 e. The van der Waals surface area contributed by atoms with E-state index in [-0.39, 0.29) is 75.7 Å². The van der Waals surface area contributed by atoms with Gasteiger partial charge in [-0.1, -0.05) is 48.5 Å². The largest absolute Gasteiger partial charge is 0.606 e. The Morgan fingerprint density at radius 2 is 0.778 bits per heavy atom. The van der Waals surface area contributed by atoms with Crippen LogP contribution in [0.2, 0.25) is 0 Å². The molecule has 15 heteroatoms. The standard InChI is InChI=1S/C21H41O12P3/c1-8-21(15-31-34(22)25-9-18(2,3)10-26-34,16-32-35(23)27-11-19(4,5)12-28-35)17-33-36(24)29-13-20(6,7)14-30-36/h8-17H2,1-7H3. The van der Waals surface area contributed by atoms with Crippen LogP contribution in [0.3, 0.4) is 0 Å². The van der Waals surface area contributed by atoms with Gasteiger partial charge in [0.1, 0.15) is 59.5 Å². The summed E-state index contributed by atoms with van der Waals surface area (Å²) in [5, 5.41) is 0. The van der Waals surface area contributed by atoms with Crippen LogP contribution in [0, 0.1) is 21.7 Å². The van der Waals surface area contributed by atoms with Crippen molar-refractivity contribution in [2.24, 2.45) is 21.7 Å². The lowest BCUT2D eigenvalue weighted by molar-refractivity contribution is -0.273. The van der Waals surface area contributed by atoms with Crippen molar-refractivity contribution in [2.75, 3.05) is 59.5 Å². The van der Waals surface area contributed by atoms with E-state index in [4.69, 9.17) is 40.7 Å². The van der Waals surface area contributed by atoms with Gasteiger partial charge in [0, 0.05) is 16.2 Å². The molecule has 36 heavy (non-hydrogen) atoms. The Morgan fingerprint density at radius 1 is 0.556 bits per heavy atom. The third-order valence-electron chi connectivity index (χ3n) is 6.02. The molecule has 3 heterocycles. The minimum atomic E-state index is -3.86. The normalized spacial score (nSPS) is 28.5. The Labute approximate surface area is 216 Å². The summed E-state index contributed by atoms with van der Waals surface area (Å²) < 4.78 is 49.4. The van der Waals surface area contributed by atoms with E-state index in [1.807, 2.05) is 41.5 Å². The number of phosphoric ester groups is 3. The molecule has 0 aliphatic carbocycles. The number of rotatable bonds is 10. The zero-order valence-electron chi connectivity index (χ0n) is 22.3. The highest BCUT2D eigenvalue weighted by Crippen LogP contribution is 2.62. The maximum absolute atomic E-state index is 13.0. The summed E-state index contributed by atoms with van der Waals surface area (Å²) in [6, 6.07) is 0. The average Bonchev–Trinajstić information content (AvgIpc) is 2.81. The van der Waals surface area contributed by atoms with Gasteiger partial charge in [-0.25, -0.2) is 0 Å². The van der Waals surface area contributed by atoms with Gasteiger partial charge in [0.25, 0.3) is 0 Å². The molecule has 12 nitrogen and oxygen atoms in total. The van der Waals surface area contributed by atoms with Crippen LogP contribution in [0.4, 0.5) is 0 Å². The topological polar surface area (TPSA) is 152 Å². The van der Waals surface area contributed by atoms with Crippen LogP contribution in [-0.4, -0.2) is 59.5 Å². The summed E-state index contributed by atoms with van der Waals surface area (Å²) in [6.07, 6.45) is 0.329. The van der Waals surface area contributed by atoms with Crippen molar-refractivity contribution in [3.63, 3.8) is 0 Å². The molecule has 0 spiro atoms. The highest BCUT2D eigenvalue weighted by molar-refractivity contribution is 7.54. The number of hydrogen-bond acceptors (Lipinski definition) is 12. The fraction of sp³-hybridized carbons (Fsp3) is 1.00. The van der Waals surface area contributed by atoms with Gasteiger partial charge in [0.05, 0.1) is 5.41 Å². The van der Waals surface area contributed by atoms with Crippen molar-refractivity contribution in [2.45, 2.75) is 54.9 Å². The predicted octanol–water partition coefficient (Wildman–Crippen LogP) is 2.77. The molecular formula is C21H41O12P3. The van der Waals surface area contributed by atoms with Gasteiger partial charge in [-0.05, 0) is 6.42 Å². The van der Waals surface area contributed by atoms with Crippen molar-refractivity contribution in [3.05, 3.63) is 0 Å². The van der Waals surface area contributed by atoms with E-state index in [1.165, 1.54) is 0 Å². The molecule has 0 aromatic heterocycles. The van der Waals surface area contributed by atoms with E-state index < -0.39 is 29.9 Å². The molecule has 212 valence electrons. The second-order valence-corrected chi connectivity index (χ2v) is 17.2. The highest BCUT2D eigenvalue weighted by atomic mass is 31.2. The van der Waals surface area contributed by atoms with Gasteiger partial charge >= 0.3 is 24.5 Å². The first-order chi connectivity index (χ1) is 16.4. The second kappa shape index (κ2) is 11.4. The molecule has 0 aromatic rings. The van der Waals surface area contributed by atoms with E-state index >= 15 is 0 Å². The Hall–Kier alpha value is 0.810. The van der Waals surface area contributed by atoms with Crippen molar-refractivity contribution < 1.29 is 55.4 Å².